The van der Waals surface area contributed by atoms with E-state index in [-0.39, 0.29) is 0 Å². The SMILES string of the molecule is Cc1cccc2oc3nc(-c4ccccc4)c(-c4ccccc4)nc3c12. The highest BCUT2D eigenvalue weighted by atomic mass is 16.3. The summed E-state index contributed by atoms with van der Waals surface area (Å²) in [6.07, 6.45) is 0. The van der Waals surface area contributed by atoms with Gasteiger partial charge in [-0.1, -0.05) is 72.8 Å². The molecule has 0 saturated heterocycles. The van der Waals surface area contributed by atoms with E-state index in [4.69, 9.17) is 14.4 Å². The lowest BCUT2D eigenvalue weighted by molar-refractivity contribution is 0.653. The van der Waals surface area contributed by atoms with Crippen LogP contribution in [0.25, 0.3) is 44.7 Å². The molecule has 2 aromatic heterocycles. The van der Waals surface area contributed by atoms with Gasteiger partial charge >= 0.3 is 0 Å². The van der Waals surface area contributed by atoms with Gasteiger partial charge in [0, 0.05) is 11.1 Å². The lowest BCUT2D eigenvalue weighted by Gasteiger charge is -2.08. The minimum atomic E-state index is 0.577. The molecule has 5 rings (SSSR count). The molecule has 0 unspecified atom stereocenters. The van der Waals surface area contributed by atoms with Crippen molar-refractivity contribution in [3.63, 3.8) is 0 Å². The first-order chi connectivity index (χ1) is 12.8. The number of hydrogen-bond donors (Lipinski definition) is 0. The number of furan rings is 1. The van der Waals surface area contributed by atoms with Crippen LogP contribution in [0.15, 0.2) is 83.3 Å². The maximum atomic E-state index is 6.01. The Kier molecular flexibility index (Phi) is 3.32. The second-order valence-electron chi connectivity index (χ2n) is 6.36. The molecule has 2 heterocycles. The fourth-order valence-corrected chi connectivity index (χ4v) is 3.38. The average Bonchev–Trinajstić information content (AvgIpc) is 3.07. The minimum absolute atomic E-state index is 0.577. The van der Waals surface area contributed by atoms with Crippen molar-refractivity contribution in [3.8, 4) is 22.5 Å². The summed E-state index contributed by atoms with van der Waals surface area (Å²) in [5.74, 6) is 0. The number of hydrogen-bond acceptors (Lipinski definition) is 3. The highest BCUT2D eigenvalue weighted by Crippen LogP contribution is 2.35. The Morgan fingerprint density at radius 2 is 1.27 bits per heavy atom. The van der Waals surface area contributed by atoms with Crippen molar-refractivity contribution in [2.24, 2.45) is 0 Å². The zero-order valence-corrected chi connectivity index (χ0v) is 14.3. The van der Waals surface area contributed by atoms with Crippen molar-refractivity contribution in [2.45, 2.75) is 6.92 Å². The molecule has 5 aromatic rings. The number of aryl methyl sites for hydroxylation is 1. The first kappa shape index (κ1) is 14.8. The van der Waals surface area contributed by atoms with Crippen molar-refractivity contribution >= 4 is 22.2 Å². The van der Waals surface area contributed by atoms with Crippen molar-refractivity contribution in [1.82, 2.24) is 9.97 Å². The van der Waals surface area contributed by atoms with E-state index in [1.807, 2.05) is 48.5 Å². The van der Waals surface area contributed by atoms with Crippen molar-refractivity contribution in [1.29, 1.82) is 0 Å². The molecule has 0 aliphatic carbocycles. The highest BCUT2D eigenvalue weighted by Gasteiger charge is 2.18. The number of nitrogens with zero attached hydrogens (tertiary/aromatic N) is 2. The van der Waals surface area contributed by atoms with Gasteiger partial charge in [-0.2, -0.15) is 0 Å². The van der Waals surface area contributed by atoms with E-state index in [0.717, 1.165) is 44.6 Å². The van der Waals surface area contributed by atoms with E-state index in [0.29, 0.717) is 5.71 Å². The van der Waals surface area contributed by atoms with Gasteiger partial charge in [-0.15, -0.1) is 0 Å². The molecule has 3 heteroatoms. The zero-order chi connectivity index (χ0) is 17.5. The normalized spacial score (nSPS) is 11.3. The molecule has 0 spiro atoms. The van der Waals surface area contributed by atoms with Gasteiger partial charge in [0.15, 0.2) is 0 Å². The number of rotatable bonds is 2. The third kappa shape index (κ3) is 2.29. The summed E-state index contributed by atoms with van der Waals surface area (Å²) < 4.78 is 6.01. The van der Waals surface area contributed by atoms with E-state index in [1.54, 1.807) is 0 Å². The molecular formula is C23H16N2O. The van der Waals surface area contributed by atoms with Crippen LogP contribution in [0.1, 0.15) is 5.56 Å². The molecular weight excluding hydrogens is 320 g/mol. The highest BCUT2D eigenvalue weighted by molar-refractivity contribution is 6.04. The second kappa shape index (κ2) is 5.81. The lowest BCUT2D eigenvalue weighted by atomic mass is 10.0. The Labute approximate surface area is 151 Å². The van der Waals surface area contributed by atoms with E-state index < -0.39 is 0 Å². The molecule has 0 bridgehead atoms. The molecule has 26 heavy (non-hydrogen) atoms. The predicted molar refractivity (Wildman–Crippen MR) is 105 cm³/mol. The molecule has 0 aliphatic rings. The number of fused-ring (bicyclic) bond motifs is 3. The first-order valence-corrected chi connectivity index (χ1v) is 8.62. The van der Waals surface area contributed by atoms with E-state index >= 15 is 0 Å². The molecule has 0 N–H and O–H groups in total. The summed E-state index contributed by atoms with van der Waals surface area (Å²) in [5, 5.41) is 1.03. The summed E-state index contributed by atoms with van der Waals surface area (Å²) in [7, 11) is 0. The van der Waals surface area contributed by atoms with Gasteiger partial charge < -0.3 is 4.42 Å². The van der Waals surface area contributed by atoms with E-state index in [1.165, 1.54) is 0 Å². The van der Waals surface area contributed by atoms with Crippen LogP contribution < -0.4 is 0 Å². The Bertz CT molecular complexity index is 1230. The molecule has 0 amide bonds. The predicted octanol–water partition coefficient (Wildman–Crippen LogP) is 6.02. The van der Waals surface area contributed by atoms with Gasteiger partial charge in [-0.3, -0.25) is 0 Å². The number of aromatic nitrogens is 2. The third-order valence-electron chi connectivity index (χ3n) is 4.64. The van der Waals surface area contributed by atoms with Gasteiger partial charge in [0.25, 0.3) is 0 Å². The van der Waals surface area contributed by atoms with Crippen molar-refractivity contribution < 1.29 is 4.42 Å². The average molecular weight is 336 g/mol. The Morgan fingerprint density at radius 3 is 1.92 bits per heavy atom. The van der Waals surface area contributed by atoms with Gasteiger partial charge in [-0.25, -0.2) is 9.97 Å². The first-order valence-electron chi connectivity index (χ1n) is 8.62. The van der Waals surface area contributed by atoms with Gasteiger partial charge in [0.1, 0.15) is 16.8 Å². The topological polar surface area (TPSA) is 38.9 Å². The Morgan fingerprint density at radius 1 is 0.654 bits per heavy atom. The molecule has 0 radical (unpaired) electrons. The van der Waals surface area contributed by atoms with Gasteiger partial charge in [0.2, 0.25) is 5.71 Å². The van der Waals surface area contributed by atoms with Crippen LogP contribution in [0.2, 0.25) is 0 Å². The lowest BCUT2D eigenvalue weighted by Crippen LogP contribution is -1.94. The van der Waals surface area contributed by atoms with Crippen LogP contribution in [0.4, 0.5) is 0 Å². The molecule has 124 valence electrons. The Balaban J connectivity index is 1.91. The molecule has 0 fully saturated rings. The van der Waals surface area contributed by atoms with E-state index in [9.17, 15) is 0 Å². The fraction of sp³-hybridized carbons (Fsp3) is 0.0435. The van der Waals surface area contributed by atoms with Crippen molar-refractivity contribution in [3.05, 3.63) is 84.4 Å². The summed E-state index contributed by atoms with van der Waals surface area (Å²) in [4.78, 5) is 9.89. The van der Waals surface area contributed by atoms with Gasteiger partial charge in [-0.05, 0) is 18.6 Å². The zero-order valence-electron chi connectivity index (χ0n) is 14.3. The summed E-state index contributed by atoms with van der Waals surface area (Å²) in [6, 6.07) is 26.4. The maximum absolute atomic E-state index is 6.01. The fourth-order valence-electron chi connectivity index (χ4n) is 3.38. The summed E-state index contributed by atoms with van der Waals surface area (Å²) >= 11 is 0. The monoisotopic (exact) mass is 336 g/mol. The smallest absolute Gasteiger partial charge is 0.246 e. The summed E-state index contributed by atoms with van der Waals surface area (Å²) in [5.41, 5.74) is 7.13. The molecule has 3 nitrogen and oxygen atoms in total. The molecule has 3 aromatic carbocycles. The van der Waals surface area contributed by atoms with Crippen LogP contribution in [-0.4, -0.2) is 9.97 Å². The van der Waals surface area contributed by atoms with Crippen LogP contribution in [0.5, 0.6) is 0 Å². The minimum Gasteiger partial charge on any atom is -0.436 e. The van der Waals surface area contributed by atoms with Crippen LogP contribution >= 0.6 is 0 Å². The van der Waals surface area contributed by atoms with Crippen LogP contribution in [-0.2, 0) is 0 Å². The second-order valence-corrected chi connectivity index (χ2v) is 6.36. The van der Waals surface area contributed by atoms with Crippen LogP contribution in [0, 0.1) is 6.92 Å². The van der Waals surface area contributed by atoms with E-state index in [2.05, 4.69) is 37.3 Å². The standard InChI is InChI=1S/C23H16N2O/c1-15-9-8-14-18-19(15)22-23(26-18)25-21(17-12-6-3-7-13-17)20(24-22)16-10-4-2-5-11-16/h2-14H,1H3. The third-order valence-corrected chi connectivity index (χ3v) is 4.64. The number of benzene rings is 3. The van der Waals surface area contributed by atoms with Crippen molar-refractivity contribution in [2.75, 3.05) is 0 Å². The molecule has 0 aliphatic heterocycles. The Hall–Kier alpha value is -3.46. The quantitative estimate of drug-likeness (QED) is 0.396. The van der Waals surface area contributed by atoms with Gasteiger partial charge in [0.05, 0.1) is 11.1 Å². The maximum Gasteiger partial charge on any atom is 0.246 e. The largest absolute Gasteiger partial charge is 0.436 e. The molecule has 0 atom stereocenters. The van der Waals surface area contributed by atoms with Crippen LogP contribution in [0.3, 0.4) is 0 Å². The summed E-state index contributed by atoms with van der Waals surface area (Å²) in [6.45, 7) is 2.08. The molecule has 0 saturated carbocycles.